The predicted octanol–water partition coefficient (Wildman–Crippen LogP) is 3.93. The van der Waals surface area contributed by atoms with E-state index < -0.39 is 0 Å². The first-order valence-electron chi connectivity index (χ1n) is 11.3. The lowest BCUT2D eigenvalue weighted by Gasteiger charge is -2.35. The van der Waals surface area contributed by atoms with Crippen LogP contribution in [0.3, 0.4) is 0 Å². The molecular weight excluding hydrogens is 430 g/mol. The molecule has 0 bridgehead atoms. The van der Waals surface area contributed by atoms with Gasteiger partial charge in [0.05, 0.1) is 0 Å². The number of aromatic nitrogens is 2. The number of nitrogens with zero attached hydrogens (tertiary/aromatic N) is 4. The molecule has 2 aliphatic rings. The molecule has 34 heavy (non-hydrogen) atoms. The normalized spacial score (nSPS) is 15.1. The van der Waals surface area contributed by atoms with Crippen LogP contribution in [-0.4, -0.2) is 53.7 Å². The van der Waals surface area contributed by atoms with Gasteiger partial charge in [-0.15, -0.1) is 0 Å². The summed E-state index contributed by atoms with van der Waals surface area (Å²) in [5.41, 5.74) is 3.95. The van der Waals surface area contributed by atoms with E-state index in [1.807, 2.05) is 54.3 Å². The van der Waals surface area contributed by atoms with E-state index in [9.17, 15) is 4.79 Å². The molecule has 0 spiro atoms. The van der Waals surface area contributed by atoms with E-state index in [1.54, 1.807) is 6.08 Å². The van der Waals surface area contributed by atoms with Crippen LogP contribution in [0.5, 0.6) is 11.5 Å². The van der Waals surface area contributed by atoms with Crippen molar-refractivity contribution in [1.82, 2.24) is 14.9 Å². The molecule has 0 saturated carbocycles. The van der Waals surface area contributed by atoms with Gasteiger partial charge in [0, 0.05) is 49.7 Å². The fourth-order valence-corrected chi connectivity index (χ4v) is 3.98. The van der Waals surface area contributed by atoms with E-state index >= 15 is 0 Å². The molecule has 1 aromatic heterocycles. The van der Waals surface area contributed by atoms with Gasteiger partial charge in [-0.1, -0.05) is 23.8 Å². The van der Waals surface area contributed by atoms with Gasteiger partial charge < -0.3 is 24.6 Å². The second-order valence-corrected chi connectivity index (χ2v) is 8.44. The Morgan fingerprint density at radius 3 is 2.50 bits per heavy atom. The van der Waals surface area contributed by atoms with Crippen LogP contribution < -0.4 is 19.7 Å². The van der Waals surface area contributed by atoms with Gasteiger partial charge in [-0.25, -0.2) is 4.98 Å². The summed E-state index contributed by atoms with van der Waals surface area (Å²) in [5, 5.41) is 3.29. The van der Waals surface area contributed by atoms with E-state index in [0.717, 1.165) is 28.5 Å². The smallest absolute Gasteiger partial charge is 0.246 e. The molecule has 3 aromatic rings. The minimum absolute atomic E-state index is 0.00193. The molecule has 0 atom stereocenters. The molecule has 0 radical (unpaired) electrons. The maximum absolute atomic E-state index is 12.7. The Bertz CT molecular complexity index is 1220. The van der Waals surface area contributed by atoms with Crippen LogP contribution in [0.1, 0.15) is 16.8 Å². The summed E-state index contributed by atoms with van der Waals surface area (Å²) in [6.07, 6.45) is 3.43. The Labute approximate surface area is 198 Å². The number of amides is 1. The molecule has 2 aliphatic heterocycles. The van der Waals surface area contributed by atoms with Gasteiger partial charge in [0.25, 0.3) is 0 Å². The summed E-state index contributed by atoms with van der Waals surface area (Å²) in [6, 6.07) is 15.8. The number of carbonyl (C=O) groups is 1. The number of hydrogen-bond acceptors (Lipinski definition) is 7. The van der Waals surface area contributed by atoms with Crippen molar-refractivity contribution in [2.24, 2.45) is 0 Å². The number of benzene rings is 2. The maximum Gasteiger partial charge on any atom is 0.246 e. The molecule has 1 N–H and O–H groups in total. The van der Waals surface area contributed by atoms with Gasteiger partial charge in [0.15, 0.2) is 11.5 Å². The Hall–Kier alpha value is -4.07. The fourth-order valence-electron chi connectivity index (χ4n) is 3.98. The first-order valence-corrected chi connectivity index (χ1v) is 11.3. The number of ether oxygens (including phenoxy) is 2. The third kappa shape index (κ3) is 4.96. The lowest BCUT2D eigenvalue weighted by atomic mass is 10.2. The summed E-state index contributed by atoms with van der Waals surface area (Å²) in [7, 11) is 0. The van der Waals surface area contributed by atoms with Crippen LogP contribution in [0.15, 0.2) is 54.6 Å². The summed E-state index contributed by atoms with van der Waals surface area (Å²) >= 11 is 0. The molecule has 2 aromatic carbocycles. The van der Waals surface area contributed by atoms with E-state index in [0.29, 0.717) is 37.9 Å². The molecule has 174 valence electrons. The molecule has 8 heteroatoms. The molecule has 1 saturated heterocycles. The van der Waals surface area contributed by atoms with Gasteiger partial charge in [0.1, 0.15) is 5.82 Å². The molecule has 1 amide bonds. The second-order valence-electron chi connectivity index (χ2n) is 8.44. The monoisotopic (exact) mass is 457 g/mol. The average molecular weight is 458 g/mol. The second kappa shape index (κ2) is 9.43. The van der Waals surface area contributed by atoms with Crippen molar-refractivity contribution in [1.29, 1.82) is 0 Å². The highest BCUT2D eigenvalue weighted by molar-refractivity contribution is 5.92. The van der Waals surface area contributed by atoms with Crippen LogP contribution in [0.4, 0.5) is 17.5 Å². The van der Waals surface area contributed by atoms with Gasteiger partial charge >= 0.3 is 0 Å². The SMILES string of the molecule is Cc1ccc(Nc2nc(C)cc(N3CCN(C(=O)/C=C/c4ccc5c(c4)OCO5)CC3)n2)cc1. The molecule has 5 rings (SSSR count). The predicted molar refractivity (Wildman–Crippen MR) is 132 cm³/mol. The summed E-state index contributed by atoms with van der Waals surface area (Å²) in [6.45, 7) is 6.95. The molecule has 8 nitrogen and oxygen atoms in total. The maximum atomic E-state index is 12.7. The van der Waals surface area contributed by atoms with Crippen molar-refractivity contribution in [3.63, 3.8) is 0 Å². The number of piperazine rings is 1. The molecule has 3 heterocycles. The number of nitrogens with one attached hydrogen (secondary N) is 1. The van der Waals surface area contributed by atoms with Gasteiger partial charge in [-0.3, -0.25) is 4.79 Å². The topological polar surface area (TPSA) is 79.8 Å². The highest BCUT2D eigenvalue weighted by Gasteiger charge is 2.21. The Kier molecular flexibility index (Phi) is 6.03. The number of anilines is 3. The van der Waals surface area contributed by atoms with Crippen molar-refractivity contribution >= 4 is 29.4 Å². The minimum Gasteiger partial charge on any atom is -0.454 e. The zero-order chi connectivity index (χ0) is 23.5. The molecule has 1 fully saturated rings. The molecular formula is C26H27N5O3. The van der Waals surface area contributed by atoms with E-state index in [2.05, 4.69) is 34.3 Å². The zero-order valence-electron chi connectivity index (χ0n) is 19.3. The summed E-state index contributed by atoms with van der Waals surface area (Å²) < 4.78 is 10.7. The quantitative estimate of drug-likeness (QED) is 0.582. The average Bonchev–Trinajstić information content (AvgIpc) is 3.32. The van der Waals surface area contributed by atoms with Crippen molar-refractivity contribution in [2.45, 2.75) is 13.8 Å². The van der Waals surface area contributed by atoms with E-state index in [4.69, 9.17) is 14.5 Å². The standard InChI is InChI=1S/C26H27N5O3/c1-18-3-7-21(8-4-18)28-26-27-19(2)15-24(29-26)30-11-13-31(14-12-30)25(32)10-6-20-5-9-22-23(16-20)34-17-33-22/h3-10,15-16H,11-14,17H2,1-2H3,(H,27,28,29)/b10-6+. The van der Waals surface area contributed by atoms with Crippen LogP contribution in [0.2, 0.25) is 0 Å². The zero-order valence-corrected chi connectivity index (χ0v) is 19.3. The third-order valence-corrected chi connectivity index (χ3v) is 5.88. The summed E-state index contributed by atoms with van der Waals surface area (Å²) in [5.74, 6) is 2.88. The number of fused-ring (bicyclic) bond motifs is 1. The Balaban J connectivity index is 1.19. The first kappa shape index (κ1) is 21.8. The van der Waals surface area contributed by atoms with Crippen molar-refractivity contribution < 1.29 is 14.3 Å². The Morgan fingerprint density at radius 1 is 0.941 bits per heavy atom. The van der Waals surface area contributed by atoms with Crippen molar-refractivity contribution in [3.05, 3.63) is 71.4 Å². The third-order valence-electron chi connectivity index (χ3n) is 5.88. The molecule has 0 unspecified atom stereocenters. The number of hydrogen-bond donors (Lipinski definition) is 1. The number of aryl methyl sites for hydroxylation is 2. The number of rotatable bonds is 5. The van der Waals surface area contributed by atoms with E-state index in [-0.39, 0.29) is 12.7 Å². The van der Waals surface area contributed by atoms with Crippen LogP contribution in [0, 0.1) is 13.8 Å². The fraction of sp³-hybridized carbons (Fsp3) is 0.269. The van der Waals surface area contributed by atoms with Gasteiger partial charge in [-0.05, 0) is 49.8 Å². The van der Waals surface area contributed by atoms with Crippen LogP contribution >= 0.6 is 0 Å². The highest BCUT2D eigenvalue weighted by Crippen LogP contribution is 2.32. The lowest BCUT2D eigenvalue weighted by molar-refractivity contribution is -0.126. The molecule has 0 aliphatic carbocycles. The van der Waals surface area contributed by atoms with Gasteiger partial charge in [0.2, 0.25) is 18.6 Å². The number of carbonyl (C=O) groups excluding carboxylic acids is 1. The van der Waals surface area contributed by atoms with Crippen molar-refractivity contribution in [2.75, 3.05) is 43.2 Å². The Morgan fingerprint density at radius 2 is 1.71 bits per heavy atom. The largest absolute Gasteiger partial charge is 0.454 e. The highest BCUT2D eigenvalue weighted by atomic mass is 16.7. The van der Waals surface area contributed by atoms with Gasteiger partial charge in [-0.2, -0.15) is 4.98 Å². The minimum atomic E-state index is -0.00193. The van der Waals surface area contributed by atoms with Crippen molar-refractivity contribution in [3.8, 4) is 11.5 Å². The summed E-state index contributed by atoms with van der Waals surface area (Å²) in [4.78, 5) is 26.0. The lowest BCUT2D eigenvalue weighted by Crippen LogP contribution is -2.48. The first-order chi connectivity index (χ1) is 16.5. The van der Waals surface area contributed by atoms with E-state index in [1.165, 1.54) is 5.56 Å². The van der Waals surface area contributed by atoms with Crippen LogP contribution in [-0.2, 0) is 4.79 Å². The van der Waals surface area contributed by atoms with Crippen LogP contribution in [0.25, 0.3) is 6.08 Å².